The molecule has 0 saturated heterocycles. The molecule has 102 valence electrons. The number of hydrogen-bond donors (Lipinski definition) is 2. The fourth-order valence-corrected chi connectivity index (χ4v) is 1.88. The molecule has 1 aromatic heterocycles. The van der Waals surface area contributed by atoms with Crippen LogP contribution in [0.15, 0.2) is 6.33 Å². The largest absolute Gasteiger partial charge is 0.490 e. The Balaban J connectivity index is 2.64. The van der Waals surface area contributed by atoms with Gasteiger partial charge in [-0.2, -0.15) is 0 Å². The maximum Gasteiger partial charge on any atom is 0.204 e. The van der Waals surface area contributed by atoms with E-state index in [9.17, 15) is 4.21 Å². The van der Waals surface area contributed by atoms with Gasteiger partial charge in [-0.1, -0.05) is 6.92 Å². The van der Waals surface area contributed by atoms with Crippen molar-refractivity contribution in [1.29, 1.82) is 0 Å². The van der Waals surface area contributed by atoms with Crippen LogP contribution in [0.2, 0.25) is 0 Å². The van der Waals surface area contributed by atoms with E-state index in [4.69, 9.17) is 4.74 Å². The topological polar surface area (TPSA) is 76.1 Å². The van der Waals surface area contributed by atoms with Gasteiger partial charge in [0.2, 0.25) is 5.75 Å². The highest BCUT2D eigenvalue weighted by atomic mass is 32.2. The number of methoxy groups -OCH3 is 1. The Morgan fingerprint density at radius 2 is 2.11 bits per heavy atom. The van der Waals surface area contributed by atoms with E-state index in [1.807, 2.05) is 6.92 Å². The second-order valence-corrected chi connectivity index (χ2v) is 5.68. The normalized spacial score (nSPS) is 13.8. The molecular weight excluding hydrogens is 252 g/mol. The summed E-state index contributed by atoms with van der Waals surface area (Å²) < 4.78 is 16.5. The number of ether oxygens (including phenoxy) is 1. The number of nitrogens with zero attached hydrogens (tertiary/aromatic N) is 2. The first-order valence-corrected chi connectivity index (χ1v) is 7.35. The van der Waals surface area contributed by atoms with E-state index in [-0.39, 0.29) is 5.25 Å². The standard InChI is InChI=1S/C11H20N4O2S/c1-8(18(4)16)5-6-13-11-9(17-3)10(12-2)14-7-15-11/h7-8H,5-6H2,1-4H3,(H2,12,13,14,15). The van der Waals surface area contributed by atoms with Gasteiger partial charge in [-0.05, 0) is 6.42 Å². The van der Waals surface area contributed by atoms with Gasteiger partial charge in [0.15, 0.2) is 11.6 Å². The highest BCUT2D eigenvalue weighted by Crippen LogP contribution is 2.28. The van der Waals surface area contributed by atoms with Gasteiger partial charge in [0.05, 0.1) is 7.11 Å². The number of rotatable bonds is 7. The molecule has 0 bridgehead atoms. The molecule has 0 aliphatic rings. The molecule has 1 rings (SSSR count). The second kappa shape index (κ2) is 7.15. The lowest BCUT2D eigenvalue weighted by molar-refractivity contribution is 0.415. The van der Waals surface area contributed by atoms with Crippen molar-refractivity contribution < 1.29 is 8.95 Å². The van der Waals surface area contributed by atoms with Crippen LogP contribution in [0.5, 0.6) is 5.75 Å². The van der Waals surface area contributed by atoms with Crippen LogP contribution in [0, 0.1) is 0 Å². The third-order valence-corrected chi connectivity index (χ3v) is 4.02. The quantitative estimate of drug-likeness (QED) is 0.774. The maximum atomic E-state index is 11.2. The zero-order valence-corrected chi connectivity index (χ0v) is 12.0. The summed E-state index contributed by atoms with van der Waals surface area (Å²) in [4.78, 5) is 8.20. The monoisotopic (exact) mass is 272 g/mol. The molecule has 0 aliphatic carbocycles. The lowest BCUT2D eigenvalue weighted by atomic mass is 10.3. The third-order valence-electron chi connectivity index (χ3n) is 2.65. The van der Waals surface area contributed by atoms with Crippen molar-refractivity contribution in [3.63, 3.8) is 0 Å². The van der Waals surface area contributed by atoms with Crippen molar-refractivity contribution in [3.05, 3.63) is 6.33 Å². The van der Waals surface area contributed by atoms with Crippen LogP contribution in [-0.4, -0.2) is 46.4 Å². The zero-order chi connectivity index (χ0) is 13.5. The lowest BCUT2D eigenvalue weighted by Crippen LogP contribution is -2.16. The minimum atomic E-state index is -0.798. The Morgan fingerprint density at radius 3 is 2.67 bits per heavy atom. The molecule has 0 amide bonds. The molecule has 0 radical (unpaired) electrons. The first-order valence-electron chi connectivity index (χ1n) is 5.73. The summed E-state index contributed by atoms with van der Waals surface area (Å²) in [6.07, 6.45) is 4.00. The summed E-state index contributed by atoms with van der Waals surface area (Å²) in [6, 6.07) is 0. The minimum absolute atomic E-state index is 0.161. The molecule has 0 fully saturated rings. The van der Waals surface area contributed by atoms with E-state index in [2.05, 4.69) is 20.6 Å². The van der Waals surface area contributed by atoms with Gasteiger partial charge in [-0.15, -0.1) is 0 Å². The Labute approximate surface area is 110 Å². The molecule has 1 heterocycles. The molecule has 0 aliphatic heterocycles. The summed E-state index contributed by atoms with van der Waals surface area (Å²) in [5, 5.41) is 6.27. The van der Waals surface area contributed by atoms with Gasteiger partial charge in [-0.25, -0.2) is 9.97 Å². The summed E-state index contributed by atoms with van der Waals surface area (Å²) in [5.74, 6) is 1.87. The fraction of sp³-hybridized carbons (Fsp3) is 0.636. The average Bonchev–Trinajstić information content (AvgIpc) is 2.37. The molecule has 2 atom stereocenters. The van der Waals surface area contributed by atoms with Gasteiger partial charge in [0.1, 0.15) is 6.33 Å². The SMILES string of the molecule is CNc1ncnc(NCCC(C)S(C)=O)c1OC. The van der Waals surface area contributed by atoms with Crippen molar-refractivity contribution in [3.8, 4) is 5.75 Å². The smallest absolute Gasteiger partial charge is 0.204 e. The Hall–Kier alpha value is -1.37. The highest BCUT2D eigenvalue weighted by molar-refractivity contribution is 7.84. The molecule has 0 spiro atoms. The predicted octanol–water partition coefficient (Wildman–Crippen LogP) is 1.10. The number of hydrogen-bond acceptors (Lipinski definition) is 6. The van der Waals surface area contributed by atoms with Crippen LogP contribution in [0.25, 0.3) is 0 Å². The average molecular weight is 272 g/mol. The minimum Gasteiger partial charge on any atom is -0.490 e. The molecule has 6 nitrogen and oxygen atoms in total. The van der Waals surface area contributed by atoms with Gasteiger partial charge in [0, 0.05) is 35.9 Å². The van der Waals surface area contributed by atoms with E-state index in [1.54, 1.807) is 20.4 Å². The maximum absolute atomic E-state index is 11.2. The fourth-order valence-electron chi connectivity index (χ4n) is 1.43. The molecule has 0 aromatic carbocycles. The van der Waals surface area contributed by atoms with E-state index in [0.717, 1.165) is 6.42 Å². The van der Waals surface area contributed by atoms with Crippen molar-refractivity contribution in [2.24, 2.45) is 0 Å². The first kappa shape index (κ1) is 14.7. The summed E-state index contributed by atoms with van der Waals surface area (Å²) >= 11 is 0. The predicted molar refractivity (Wildman–Crippen MR) is 74.8 cm³/mol. The zero-order valence-electron chi connectivity index (χ0n) is 11.2. The van der Waals surface area contributed by atoms with Crippen LogP contribution in [-0.2, 0) is 10.8 Å². The number of aromatic nitrogens is 2. The Bertz CT molecular complexity index is 414. The highest BCUT2D eigenvalue weighted by Gasteiger charge is 2.11. The summed E-state index contributed by atoms with van der Waals surface area (Å²) in [6.45, 7) is 2.66. The Kier molecular flexibility index (Phi) is 5.84. The van der Waals surface area contributed by atoms with Crippen LogP contribution < -0.4 is 15.4 Å². The van der Waals surface area contributed by atoms with Crippen LogP contribution in [0.1, 0.15) is 13.3 Å². The lowest BCUT2D eigenvalue weighted by Gasteiger charge is -2.13. The van der Waals surface area contributed by atoms with Crippen LogP contribution in [0.3, 0.4) is 0 Å². The van der Waals surface area contributed by atoms with Crippen molar-refractivity contribution in [1.82, 2.24) is 9.97 Å². The Morgan fingerprint density at radius 1 is 1.44 bits per heavy atom. The molecule has 18 heavy (non-hydrogen) atoms. The van der Waals surface area contributed by atoms with Crippen molar-refractivity contribution in [2.75, 3.05) is 37.6 Å². The van der Waals surface area contributed by atoms with Gasteiger partial charge >= 0.3 is 0 Å². The summed E-state index contributed by atoms with van der Waals surface area (Å²) in [7, 11) is 2.55. The molecule has 7 heteroatoms. The molecular formula is C11H20N4O2S. The number of anilines is 2. The third kappa shape index (κ3) is 3.83. The van der Waals surface area contributed by atoms with Gasteiger partial charge in [-0.3, -0.25) is 4.21 Å². The van der Waals surface area contributed by atoms with Gasteiger partial charge < -0.3 is 15.4 Å². The molecule has 0 saturated carbocycles. The van der Waals surface area contributed by atoms with E-state index in [1.165, 1.54) is 6.33 Å². The van der Waals surface area contributed by atoms with Crippen LogP contribution in [0.4, 0.5) is 11.6 Å². The first-order chi connectivity index (χ1) is 8.60. The van der Waals surface area contributed by atoms with E-state index in [0.29, 0.717) is 23.9 Å². The summed E-state index contributed by atoms with van der Waals surface area (Å²) in [5.41, 5.74) is 0. The van der Waals surface area contributed by atoms with E-state index >= 15 is 0 Å². The number of nitrogens with one attached hydrogen (secondary N) is 2. The molecule has 2 N–H and O–H groups in total. The van der Waals surface area contributed by atoms with Crippen molar-refractivity contribution in [2.45, 2.75) is 18.6 Å². The molecule has 2 unspecified atom stereocenters. The van der Waals surface area contributed by atoms with E-state index < -0.39 is 10.8 Å². The van der Waals surface area contributed by atoms with Crippen molar-refractivity contribution >= 4 is 22.4 Å². The van der Waals surface area contributed by atoms with Crippen LogP contribution >= 0.6 is 0 Å². The molecule has 1 aromatic rings. The van der Waals surface area contributed by atoms with Gasteiger partial charge in [0.25, 0.3) is 0 Å². The second-order valence-electron chi connectivity index (χ2n) is 3.88.